The summed E-state index contributed by atoms with van der Waals surface area (Å²) < 4.78 is 9.70. The van der Waals surface area contributed by atoms with Crippen LogP contribution in [0.3, 0.4) is 0 Å². The molecule has 0 atom stereocenters. The summed E-state index contributed by atoms with van der Waals surface area (Å²) >= 11 is 0. The highest BCUT2D eigenvalue weighted by molar-refractivity contribution is 6.54. The molecule has 0 saturated heterocycles. The predicted octanol–water partition coefficient (Wildman–Crippen LogP) is 0.839. The standard InChI is InChI=1S/C8H14O4Si/c1-6(2)5-13(11-7(3)9)12-8(4)10/h5,13H,1-4H3. The summed E-state index contributed by atoms with van der Waals surface area (Å²) in [6, 6.07) is 0. The van der Waals surface area contributed by atoms with Gasteiger partial charge in [-0.3, -0.25) is 9.59 Å². The third-order valence-electron chi connectivity index (χ3n) is 1.03. The van der Waals surface area contributed by atoms with E-state index in [1.165, 1.54) is 13.8 Å². The Kier molecular flexibility index (Phi) is 5.06. The molecule has 0 amide bonds. The van der Waals surface area contributed by atoms with Crippen LogP contribution in [-0.2, 0) is 18.4 Å². The Morgan fingerprint density at radius 1 is 1.00 bits per heavy atom. The van der Waals surface area contributed by atoms with E-state index in [2.05, 4.69) is 0 Å². The van der Waals surface area contributed by atoms with Gasteiger partial charge in [0.15, 0.2) is 0 Å². The van der Waals surface area contributed by atoms with Gasteiger partial charge >= 0.3 is 9.28 Å². The van der Waals surface area contributed by atoms with Gasteiger partial charge < -0.3 is 8.85 Å². The van der Waals surface area contributed by atoms with Crippen LogP contribution in [0.2, 0.25) is 0 Å². The molecular formula is C8H14O4Si. The van der Waals surface area contributed by atoms with E-state index in [0.717, 1.165) is 5.57 Å². The first-order valence-corrected chi connectivity index (χ1v) is 5.52. The monoisotopic (exact) mass is 202 g/mol. The zero-order valence-corrected chi connectivity index (χ0v) is 9.44. The fourth-order valence-electron chi connectivity index (χ4n) is 0.691. The van der Waals surface area contributed by atoms with Gasteiger partial charge in [0, 0.05) is 13.8 Å². The van der Waals surface area contributed by atoms with E-state index in [9.17, 15) is 9.59 Å². The fourth-order valence-corrected chi connectivity index (χ4v) is 2.07. The molecule has 0 fully saturated rings. The Hall–Kier alpha value is -1.10. The molecule has 0 aliphatic carbocycles. The molecule has 0 rings (SSSR count). The normalized spacial score (nSPS) is 9.31. The van der Waals surface area contributed by atoms with E-state index in [1.807, 2.05) is 13.8 Å². The smallest absolute Gasteiger partial charge is 0.475 e. The van der Waals surface area contributed by atoms with Crippen LogP contribution in [0.15, 0.2) is 11.3 Å². The molecule has 0 aliphatic heterocycles. The summed E-state index contributed by atoms with van der Waals surface area (Å²) in [6.45, 7) is 6.30. The van der Waals surface area contributed by atoms with Crippen molar-refractivity contribution in [3.63, 3.8) is 0 Å². The van der Waals surface area contributed by atoms with E-state index < -0.39 is 21.2 Å². The van der Waals surface area contributed by atoms with Crippen molar-refractivity contribution in [3.8, 4) is 0 Å². The lowest BCUT2D eigenvalue weighted by molar-refractivity contribution is -0.137. The van der Waals surface area contributed by atoms with Gasteiger partial charge in [-0.15, -0.1) is 0 Å². The van der Waals surface area contributed by atoms with Crippen LogP contribution in [0.25, 0.3) is 0 Å². The van der Waals surface area contributed by atoms with E-state index >= 15 is 0 Å². The molecule has 0 aromatic rings. The maximum Gasteiger partial charge on any atom is 0.475 e. The topological polar surface area (TPSA) is 52.6 Å². The molecule has 0 saturated carbocycles. The van der Waals surface area contributed by atoms with Crippen LogP contribution >= 0.6 is 0 Å². The number of hydrogen-bond donors (Lipinski definition) is 0. The Balaban J connectivity index is 4.27. The van der Waals surface area contributed by atoms with Gasteiger partial charge in [0.1, 0.15) is 0 Å². The summed E-state index contributed by atoms with van der Waals surface area (Å²) in [5.41, 5.74) is 2.67. The average molecular weight is 202 g/mol. The predicted molar refractivity (Wildman–Crippen MR) is 50.1 cm³/mol. The summed E-state index contributed by atoms with van der Waals surface area (Å²) in [5, 5.41) is 0. The Morgan fingerprint density at radius 2 is 1.38 bits per heavy atom. The molecule has 4 nitrogen and oxygen atoms in total. The zero-order chi connectivity index (χ0) is 10.4. The van der Waals surface area contributed by atoms with E-state index in [-0.39, 0.29) is 0 Å². The van der Waals surface area contributed by atoms with E-state index in [0.29, 0.717) is 0 Å². The van der Waals surface area contributed by atoms with Gasteiger partial charge in [0.05, 0.1) is 0 Å². The molecule has 0 unspecified atom stereocenters. The molecule has 13 heavy (non-hydrogen) atoms. The van der Waals surface area contributed by atoms with E-state index in [1.54, 1.807) is 5.70 Å². The first-order chi connectivity index (χ1) is 5.91. The third kappa shape index (κ3) is 7.26. The number of carbonyl (C=O) groups is 2. The van der Waals surface area contributed by atoms with Crippen molar-refractivity contribution in [1.29, 1.82) is 0 Å². The minimum absolute atomic E-state index is 0.421. The van der Waals surface area contributed by atoms with Crippen molar-refractivity contribution in [2.45, 2.75) is 27.7 Å². The second-order valence-corrected chi connectivity index (χ2v) is 4.37. The molecule has 0 aromatic carbocycles. The second kappa shape index (κ2) is 5.53. The van der Waals surface area contributed by atoms with Crippen molar-refractivity contribution >= 4 is 21.2 Å². The molecular weight excluding hydrogens is 188 g/mol. The maximum absolute atomic E-state index is 10.6. The third-order valence-corrected chi connectivity index (χ3v) is 3.10. The second-order valence-electron chi connectivity index (χ2n) is 2.83. The molecule has 74 valence electrons. The fraction of sp³-hybridized carbons (Fsp3) is 0.500. The van der Waals surface area contributed by atoms with Crippen molar-refractivity contribution < 1.29 is 18.4 Å². The van der Waals surface area contributed by atoms with Crippen LogP contribution in [-0.4, -0.2) is 21.2 Å². The number of rotatable bonds is 3. The molecule has 0 N–H and O–H groups in total. The van der Waals surface area contributed by atoms with Gasteiger partial charge in [0.25, 0.3) is 11.9 Å². The zero-order valence-electron chi connectivity index (χ0n) is 8.29. The van der Waals surface area contributed by atoms with Crippen LogP contribution < -0.4 is 0 Å². The highest BCUT2D eigenvalue weighted by Gasteiger charge is 2.16. The maximum atomic E-state index is 10.6. The SMILES string of the molecule is CC(=O)O[SiH](C=C(C)C)OC(C)=O. The minimum atomic E-state index is -2.27. The van der Waals surface area contributed by atoms with Crippen molar-refractivity contribution in [3.05, 3.63) is 11.3 Å². The highest BCUT2D eigenvalue weighted by Crippen LogP contribution is 1.98. The molecule has 0 heterocycles. The molecule has 0 aliphatic rings. The lowest BCUT2D eigenvalue weighted by Crippen LogP contribution is -2.25. The molecule has 5 heteroatoms. The Bertz CT molecular complexity index is 214. The Morgan fingerprint density at radius 3 is 1.62 bits per heavy atom. The van der Waals surface area contributed by atoms with Crippen LogP contribution in [0.4, 0.5) is 0 Å². The molecule has 0 spiro atoms. The number of carbonyl (C=O) groups excluding carboxylic acids is 2. The molecule has 0 aromatic heterocycles. The minimum Gasteiger partial charge on any atom is -0.484 e. The molecule has 0 radical (unpaired) electrons. The van der Waals surface area contributed by atoms with Gasteiger partial charge in [-0.1, -0.05) is 5.57 Å². The van der Waals surface area contributed by atoms with E-state index in [4.69, 9.17) is 8.85 Å². The van der Waals surface area contributed by atoms with Crippen LogP contribution in [0, 0.1) is 0 Å². The summed E-state index contributed by atoms with van der Waals surface area (Å²) in [4.78, 5) is 21.2. The summed E-state index contributed by atoms with van der Waals surface area (Å²) in [6.07, 6.45) is 0. The van der Waals surface area contributed by atoms with Crippen LogP contribution in [0.1, 0.15) is 27.7 Å². The van der Waals surface area contributed by atoms with Gasteiger partial charge in [0.2, 0.25) is 0 Å². The highest BCUT2D eigenvalue weighted by atomic mass is 28.3. The van der Waals surface area contributed by atoms with Gasteiger partial charge in [-0.05, 0) is 19.5 Å². The van der Waals surface area contributed by atoms with Crippen molar-refractivity contribution in [2.75, 3.05) is 0 Å². The quantitative estimate of drug-likeness (QED) is 0.636. The Labute approximate surface area is 79.4 Å². The largest absolute Gasteiger partial charge is 0.484 e. The molecule has 0 bridgehead atoms. The lowest BCUT2D eigenvalue weighted by atomic mass is 10.4. The van der Waals surface area contributed by atoms with Crippen molar-refractivity contribution in [1.82, 2.24) is 0 Å². The van der Waals surface area contributed by atoms with Gasteiger partial charge in [-0.2, -0.15) is 0 Å². The average Bonchev–Trinajstić information content (AvgIpc) is 1.80. The first-order valence-electron chi connectivity index (χ1n) is 3.91. The van der Waals surface area contributed by atoms with Crippen molar-refractivity contribution in [2.24, 2.45) is 0 Å². The number of hydrogen-bond acceptors (Lipinski definition) is 4. The van der Waals surface area contributed by atoms with Gasteiger partial charge in [-0.25, -0.2) is 0 Å². The summed E-state index contributed by atoms with van der Waals surface area (Å²) in [5.74, 6) is -0.842. The summed E-state index contributed by atoms with van der Waals surface area (Å²) in [7, 11) is -2.27. The van der Waals surface area contributed by atoms with Crippen LogP contribution in [0.5, 0.6) is 0 Å². The first kappa shape index (κ1) is 11.9. The lowest BCUT2D eigenvalue weighted by Gasteiger charge is -2.10. The number of allylic oxidation sites excluding steroid dienone is 1.